The lowest BCUT2D eigenvalue weighted by Crippen LogP contribution is -2.54. The molecule has 0 unspecified atom stereocenters. The molecule has 250 valence electrons. The summed E-state index contributed by atoms with van der Waals surface area (Å²) >= 11 is 0. The first-order valence-electron chi connectivity index (χ1n) is 16.1. The molecule has 6 rings (SSSR count). The Hall–Kier alpha value is -4.39. The number of hydrogen-bond acceptors (Lipinski definition) is 8. The largest absolute Gasteiger partial charge is 0.457 e. The van der Waals surface area contributed by atoms with Gasteiger partial charge in [-0.05, 0) is 75.6 Å². The second-order valence-electron chi connectivity index (χ2n) is 12.9. The Morgan fingerprint density at radius 3 is 2.49 bits per heavy atom. The van der Waals surface area contributed by atoms with Crippen molar-refractivity contribution in [1.82, 2.24) is 14.9 Å². The lowest BCUT2D eigenvalue weighted by molar-refractivity contribution is -0.140. The molecule has 0 bridgehead atoms. The molecule has 3 N–H and O–H groups in total. The van der Waals surface area contributed by atoms with Crippen molar-refractivity contribution in [2.24, 2.45) is 17.8 Å². The van der Waals surface area contributed by atoms with Gasteiger partial charge in [-0.15, -0.1) is 0 Å². The number of hydrogen-bond donors (Lipinski definition) is 3. The minimum absolute atomic E-state index is 0.0687. The van der Waals surface area contributed by atoms with Crippen LogP contribution in [0.15, 0.2) is 66.7 Å². The van der Waals surface area contributed by atoms with Gasteiger partial charge in [-0.25, -0.2) is 13.2 Å². The van der Waals surface area contributed by atoms with E-state index < -0.39 is 56.7 Å². The van der Waals surface area contributed by atoms with E-state index in [1.54, 1.807) is 36.2 Å². The van der Waals surface area contributed by atoms with Gasteiger partial charge in [0.05, 0.1) is 17.1 Å². The summed E-state index contributed by atoms with van der Waals surface area (Å²) in [4.78, 5) is 55.5. The van der Waals surface area contributed by atoms with Gasteiger partial charge in [0.2, 0.25) is 21.8 Å². The summed E-state index contributed by atoms with van der Waals surface area (Å²) in [5, 5.41) is 4.94. The molecular formula is C34H40N4O8S. The Labute approximate surface area is 274 Å². The first-order valence-corrected chi connectivity index (χ1v) is 17.7. The molecule has 3 aliphatic carbocycles. The van der Waals surface area contributed by atoms with Gasteiger partial charge in [-0.1, -0.05) is 36.4 Å². The molecule has 0 radical (unpaired) electrons. The number of ether oxygens (including phenoxy) is 2. The normalized spacial score (nSPS) is 27.8. The molecule has 0 spiro atoms. The number of carbonyl (C=O) groups is 4. The van der Waals surface area contributed by atoms with Gasteiger partial charge < -0.3 is 19.7 Å². The highest BCUT2D eigenvalue weighted by atomic mass is 32.2. The number of sulfonamides is 1. The van der Waals surface area contributed by atoms with Crippen LogP contribution in [0, 0.1) is 17.8 Å². The summed E-state index contributed by atoms with van der Waals surface area (Å²) in [7, 11) is -2.14. The van der Waals surface area contributed by atoms with Crippen LogP contribution in [0.4, 0.5) is 10.5 Å². The molecule has 2 aromatic carbocycles. The number of benzene rings is 2. The highest BCUT2D eigenvalue weighted by Crippen LogP contribution is 2.47. The van der Waals surface area contributed by atoms with Crippen molar-refractivity contribution in [3.63, 3.8) is 0 Å². The molecule has 13 heteroatoms. The predicted molar refractivity (Wildman–Crippen MR) is 173 cm³/mol. The van der Waals surface area contributed by atoms with Crippen LogP contribution in [-0.4, -0.2) is 67.6 Å². The van der Waals surface area contributed by atoms with E-state index in [4.69, 9.17) is 9.47 Å². The molecule has 4 aliphatic rings. The molecule has 1 heterocycles. The number of anilines is 1. The fraction of sp³-hybridized carbons (Fsp3) is 0.471. The van der Waals surface area contributed by atoms with Crippen molar-refractivity contribution < 1.29 is 37.1 Å². The molecule has 3 fully saturated rings. The monoisotopic (exact) mass is 664 g/mol. The first-order chi connectivity index (χ1) is 22.5. The van der Waals surface area contributed by atoms with E-state index in [1.807, 2.05) is 42.5 Å². The van der Waals surface area contributed by atoms with E-state index in [-0.39, 0.29) is 31.1 Å². The van der Waals surface area contributed by atoms with Crippen molar-refractivity contribution >= 4 is 39.5 Å². The Balaban J connectivity index is 1.16. The van der Waals surface area contributed by atoms with Crippen molar-refractivity contribution in [1.29, 1.82) is 0 Å². The summed E-state index contributed by atoms with van der Waals surface area (Å²) in [6.07, 6.45) is 6.05. The van der Waals surface area contributed by atoms with E-state index in [2.05, 4.69) is 15.4 Å². The van der Waals surface area contributed by atoms with Crippen LogP contribution in [0.5, 0.6) is 11.5 Å². The Morgan fingerprint density at radius 1 is 0.979 bits per heavy atom. The zero-order chi connectivity index (χ0) is 33.2. The Bertz CT molecular complexity index is 1660. The number of carbonyl (C=O) groups excluding carboxylic acids is 4. The topological polar surface area (TPSA) is 160 Å². The molecule has 0 saturated heterocycles. The van der Waals surface area contributed by atoms with Crippen LogP contribution in [0.1, 0.15) is 51.4 Å². The smallest absolute Gasteiger partial charge is 0.411 e. The highest BCUT2D eigenvalue weighted by molar-refractivity contribution is 7.91. The molecule has 12 nitrogen and oxygen atoms in total. The van der Waals surface area contributed by atoms with Crippen LogP contribution in [0.3, 0.4) is 0 Å². The van der Waals surface area contributed by atoms with Gasteiger partial charge in [0.15, 0.2) is 0 Å². The van der Waals surface area contributed by atoms with Gasteiger partial charge in [0.25, 0.3) is 5.91 Å². The van der Waals surface area contributed by atoms with Crippen LogP contribution in [0.2, 0.25) is 0 Å². The first kappa shape index (κ1) is 32.5. The fourth-order valence-electron chi connectivity index (χ4n) is 6.45. The van der Waals surface area contributed by atoms with Gasteiger partial charge in [-0.2, -0.15) is 0 Å². The summed E-state index contributed by atoms with van der Waals surface area (Å²) in [5.74, 6) is -2.43. The predicted octanol–water partition coefficient (Wildman–Crippen LogP) is 4.10. The summed E-state index contributed by atoms with van der Waals surface area (Å²) in [6, 6.07) is 16.0. The van der Waals surface area contributed by atoms with Crippen LogP contribution in [0.25, 0.3) is 0 Å². The number of amides is 4. The number of nitrogens with zero attached hydrogens (tertiary/aromatic N) is 1. The molecular weight excluding hydrogens is 624 g/mol. The standard InChI is InChI=1S/C34H40N4O8S/c1-38-17-8-3-2-5-10-22-21-34(22,32(41)37-47(43,44)27-15-16-27)36-30(39)28-19-26(20-29(28)31(38)40)46-33(42)35-23-11-9-14-25(18-23)45-24-12-6-4-7-13-24/h4-7,9-14,18,22,26-29H,2-3,8,15-17,19-21H2,1H3,(H,35,42)(H,36,39)(H,37,41)/t22-,26-,28-,29-,34-/m1/s1. The van der Waals surface area contributed by atoms with Gasteiger partial charge in [-0.3, -0.25) is 24.4 Å². The molecule has 4 amide bonds. The maximum atomic E-state index is 13.9. The minimum Gasteiger partial charge on any atom is -0.457 e. The van der Waals surface area contributed by atoms with Crippen molar-refractivity contribution in [2.75, 3.05) is 18.9 Å². The number of para-hydroxylation sites is 1. The van der Waals surface area contributed by atoms with E-state index in [0.29, 0.717) is 36.6 Å². The average Bonchev–Trinajstić information content (AvgIpc) is 3.96. The van der Waals surface area contributed by atoms with E-state index in [9.17, 15) is 27.6 Å². The Kier molecular flexibility index (Phi) is 9.27. The summed E-state index contributed by atoms with van der Waals surface area (Å²) in [6.45, 7) is 0.514. The zero-order valence-electron chi connectivity index (χ0n) is 26.2. The molecule has 5 atom stereocenters. The second-order valence-corrected chi connectivity index (χ2v) is 14.9. The van der Waals surface area contributed by atoms with Crippen LogP contribution in [-0.2, 0) is 29.1 Å². The zero-order valence-corrected chi connectivity index (χ0v) is 27.0. The minimum atomic E-state index is -3.83. The second kappa shape index (κ2) is 13.4. The molecule has 0 aromatic heterocycles. The van der Waals surface area contributed by atoms with E-state index in [1.165, 1.54) is 0 Å². The summed E-state index contributed by atoms with van der Waals surface area (Å²) in [5.41, 5.74) is -0.988. The highest BCUT2D eigenvalue weighted by Gasteiger charge is 2.62. The third-order valence-corrected chi connectivity index (χ3v) is 11.1. The van der Waals surface area contributed by atoms with E-state index >= 15 is 0 Å². The lowest BCUT2D eigenvalue weighted by Gasteiger charge is -2.26. The van der Waals surface area contributed by atoms with Gasteiger partial charge >= 0.3 is 6.09 Å². The molecule has 3 saturated carbocycles. The fourth-order valence-corrected chi connectivity index (χ4v) is 7.82. The lowest BCUT2D eigenvalue weighted by atomic mass is 9.93. The number of nitrogens with one attached hydrogen (secondary N) is 3. The molecule has 1 aliphatic heterocycles. The van der Waals surface area contributed by atoms with Crippen molar-refractivity contribution in [3.8, 4) is 11.5 Å². The Morgan fingerprint density at radius 2 is 1.72 bits per heavy atom. The number of fused-ring (bicyclic) bond motifs is 2. The third kappa shape index (κ3) is 7.61. The SMILES string of the molecule is CN1CCCCC=C[C@@H]2C[C@@]2(C(=O)NS(=O)(=O)C2CC2)NC(=O)[C@@H]2C[C@@H](OC(=O)Nc3cccc(Oc4ccccc4)c3)C[C@H]2C1=O. The average molecular weight is 665 g/mol. The van der Waals surface area contributed by atoms with Crippen molar-refractivity contribution in [3.05, 3.63) is 66.7 Å². The maximum Gasteiger partial charge on any atom is 0.411 e. The van der Waals surface area contributed by atoms with Crippen molar-refractivity contribution in [2.45, 2.75) is 68.3 Å². The quantitative estimate of drug-likeness (QED) is 0.373. The third-order valence-electron chi connectivity index (χ3n) is 9.33. The van der Waals surface area contributed by atoms with Gasteiger partial charge in [0.1, 0.15) is 23.1 Å². The number of allylic oxidation sites excluding steroid dienone is 1. The molecule has 2 aromatic rings. The number of rotatable bonds is 7. The van der Waals surface area contributed by atoms with E-state index in [0.717, 1.165) is 19.3 Å². The van der Waals surface area contributed by atoms with Gasteiger partial charge in [0, 0.05) is 31.3 Å². The van der Waals surface area contributed by atoms with Crippen LogP contribution >= 0.6 is 0 Å². The maximum absolute atomic E-state index is 13.9. The molecule has 47 heavy (non-hydrogen) atoms. The van der Waals surface area contributed by atoms with Crippen LogP contribution < -0.4 is 20.1 Å². The summed E-state index contributed by atoms with van der Waals surface area (Å²) < 4.78 is 39.0.